The molecule has 4 aliphatic rings. The topological polar surface area (TPSA) is 94.8 Å². The predicted molar refractivity (Wildman–Crippen MR) is 114 cm³/mol. The molecule has 0 bridgehead atoms. The Kier molecular flexibility index (Phi) is 5.63. The van der Waals surface area contributed by atoms with Gasteiger partial charge in [-0.05, 0) is 78.4 Å². The summed E-state index contributed by atoms with van der Waals surface area (Å²) < 4.78 is 0. The number of ketones is 1. The lowest BCUT2D eigenvalue weighted by Gasteiger charge is -2.63. The van der Waals surface area contributed by atoms with Crippen molar-refractivity contribution in [2.75, 3.05) is 0 Å². The van der Waals surface area contributed by atoms with Crippen LogP contribution in [-0.4, -0.2) is 39.3 Å². The van der Waals surface area contributed by atoms with E-state index in [0.29, 0.717) is 12.8 Å². The van der Waals surface area contributed by atoms with E-state index in [4.69, 9.17) is 0 Å². The highest BCUT2D eigenvalue weighted by Crippen LogP contribution is 2.68. The van der Waals surface area contributed by atoms with Crippen molar-refractivity contribution < 1.29 is 24.9 Å². The molecule has 0 aromatic carbocycles. The minimum absolute atomic E-state index is 0.0280. The second-order valence-corrected chi connectivity index (χ2v) is 11.7. The molecule has 0 spiro atoms. The third-order valence-electron chi connectivity index (χ3n) is 10.3. The second-order valence-electron chi connectivity index (χ2n) is 11.7. The van der Waals surface area contributed by atoms with Crippen LogP contribution in [0.4, 0.5) is 0 Å². The van der Waals surface area contributed by atoms with Crippen molar-refractivity contribution in [1.82, 2.24) is 0 Å². The number of hydrogen-bond donors (Lipinski definition) is 3. The van der Waals surface area contributed by atoms with Crippen LogP contribution in [0.5, 0.6) is 0 Å². The molecule has 0 heterocycles. The lowest BCUT2D eigenvalue weighted by molar-refractivity contribution is -0.202. The van der Waals surface area contributed by atoms with Gasteiger partial charge in [-0.2, -0.15) is 0 Å². The highest BCUT2D eigenvalue weighted by molar-refractivity contribution is 5.84. The summed E-state index contributed by atoms with van der Waals surface area (Å²) in [4.78, 5) is 25.1. The molecule has 0 radical (unpaired) electrons. The Balaban J connectivity index is 1.72. The number of rotatable bonds is 4. The first-order valence-corrected chi connectivity index (χ1v) is 12.1. The van der Waals surface area contributed by atoms with Crippen molar-refractivity contribution in [1.29, 1.82) is 0 Å². The summed E-state index contributed by atoms with van der Waals surface area (Å²) in [5, 5.41) is 31.3. The van der Waals surface area contributed by atoms with Gasteiger partial charge in [-0.3, -0.25) is 9.59 Å². The summed E-state index contributed by atoms with van der Waals surface area (Å²) >= 11 is 0. The molecule has 0 aliphatic heterocycles. The minimum Gasteiger partial charge on any atom is -0.481 e. The van der Waals surface area contributed by atoms with Crippen LogP contribution in [0.3, 0.4) is 0 Å². The fourth-order valence-electron chi connectivity index (χ4n) is 9.16. The lowest BCUT2D eigenvalue weighted by Crippen LogP contribution is -2.64. The van der Waals surface area contributed by atoms with Gasteiger partial charge < -0.3 is 15.3 Å². The molecule has 5 nitrogen and oxygen atoms in total. The number of carboxylic acid groups (broad SMARTS) is 1. The summed E-state index contributed by atoms with van der Waals surface area (Å²) in [5.41, 5.74) is -0.364. The predicted octanol–water partition coefficient (Wildman–Crippen LogP) is 3.90. The normalized spacial score (nSPS) is 51.6. The standard InChI is InChI=1S/C25H40O5/c1-5-15-18-11-14(26)8-9-24(18,3)22-19(27)12-25(4)16(13(2)10-20(28)29)6-7-17(25)21(22)23(15)30/h13-18,21-23,26,30H,5-12H2,1-4H3,(H,28,29)/t13-,14-,15-,16-,17+,18+,21+,22+,23-,24+,25-/m1/s1. The summed E-state index contributed by atoms with van der Waals surface area (Å²) in [6.45, 7) is 8.62. The summed E-state index contributed by atoms with van der Waals surface area (Å²) in [7, 11) is 0. The average molecular weight is 421 g/mol. The first kappa shape index (κ1) is 22.3. The van der Waals surface area contributed by atoms with Crippen LogP contribution in [0.1, 0.15) is 79.1 Å². The van der Waals surface area contributed by atoms with E-state index >= 15 is 0 Å². The Bertz CT molecular complexity index is 706. The van der Waals surface area contributed by atoms with Crippen LogP contribution in [0.25, 0.3) is 0 Å². The van der Waals surface area contributed by atoms with E-state index in [2.05, 4.69) is 20.8 Å². The van der Waals surface area contributed by atoms with Gasteiger partial charge in [0.15, 0.2) is 0 Å². The van der Waals surface area contributed by atoms with Crippen molar-refractivity contribution in [3.63, 3.8) is 0 Å². The Morgan fingerprint density at radius 2 is 1.83 bits per heavy atom. The summed E-state index contributed by atoms with van der Waals surface area (Å²) in [6, 6.07) is 0. The van der Waals surface area contributed by atoms with Gasteiger partial charge in [-0.15, -0.1) is 0 Å². The molecule has 0 amide bonds. The number of hydrogen-bond acceptors (Lipinski definition) is 4. The number of fused-ring (bicyclic) bond motifs is 5. The maximum absolute atomic E-state index is 13.8. The van der Waals surface area contributed by atoms with Crippen LogP contribution >= 0.6 is 0 Å². The highest BCUT2D eigenvalue weighted by atomic mass is 16.4. The van der Waals surface area contributed by atoms with Gasteiger partial charge in [0.25, 0.3) is 0 Å². The Hall–Kier alpha value is -0.940. The number of carbonyl (C=O) groups is 2. The number of aliphatic hydroxyl groups is 2. The maximum atomic E-state index is 13.8. The zero-order valence-electron chi connectivity index (χ0n) is 19.0. The van der Waals surface area contributed by atoms with E-state index in [1.165, 1.54) is 0 Å². The SMILES string of the molecule is CC[C@H]1[C@@H](O)[C@H]2[C@@H]3CC[C@H]([C@H](C)CC(=O)O)[C@@]3(C)CC(=O)[C@@H]2[C@@]2(C)CC[C@@H](O)C[C@@H]12. The van der Waals surface area contributed by atoms with Crippen LogP contribution < -0.4 is 0 Å². The molecule has 0 aromatic rings. The van der Waals surface area contributed by atoms with Gasteiger partial charge in [-0.1, -0.05) is 34.1 Å². The van der Waals surface area contributed by atoms with Gasteiger partial charge in [0.05, 0.1) is 12.2 Å². The molecule has 0 unspecified atom stereocenters. The molecule has 11 atom stereocenters. The molecule has 170 valence electrons. The molecule has 0 saturated heterocycles. The van der Waals surface area contributed by atoms with Gasteiger partial charge >= 0.3 is 5.97 Å². The van der Waals surface area contributed by atoms with Gasteiger partial charge in [0.1, 0.15) is 5.78 Å². The van der Waals surface area contributed by atoms with E-state index in [1.807, 2.05) is 6.92 Å². The summed E-state index contributed by atoms with van der Waals surface area (Å²) in [5.74, 6) is 0.206. The molecule has 30 heavy (non-hydrogen) atoms. The van der Waals surface area contributed by atoms with Crippen molar-refractivity contribution in [3.05, 3.63) is 0 Å². The molecule has 4 fully saturated rings. The van der Waals surface area contributed by atoms with E-state index in [0.717, 1.165) is 32.1 Å². The fourth-order valence-corrected chi connectivity index (χ4v) is 9.16. The zero-order valence-corrected chi connectivity index (χ0v) is 19.0. The first-order valence-electron chi connectivity index (χ1n) is 12.1. The number of carboxylic acids is 1. The van der Waals surface area contributed by atoms with Crippen LogP contribution in [-0.2, 0) is 9.59 Å². The van der Waals surface area contributed by atoms with E-state index in [-0.39, 0.29) is 70.6 Å². The highest BCUT2D eigenvalue weighted by Gasteiger charge is 2.67. The Morgan fingerprint density at radius 3 is 2.47 bits per heavy atom. The zero-order chi connectivity index (χ0) is 22.0. The van der Waals surface area contributed by atoms with E-state index < -0.39 is 12.1 Å². The van der Waals surface area contributed by atoms with Crippen LogP contribution in [0, 0.1) is 52.3 Å². The quantitative estimate of drug-likeness (QED) is 0.641. The van der Waals surface area contributed by atoms with Crippen molar-refractivity contribution >= 4 is 11.8 Å². The molecule has 5 heteroatoms. The van der Waals surface area contributed by atoms with Crippen molar-refractivity contribution in [2.45, 2.75) is 91.3 Å². The Labute approximate surface area is 180 Å². The molecule has 4 aliphatic carbocycles. The van der Waals surface area contributed by atoms with E-state index in [9.17, 15) is 24.9 Å². The lowest BCUT2D eigenvalue weighted by atomic mass is 9.41. The van der Waals surface area contributed by atoms with Gasteiger partial charge in [0, 0.05) is 18.8 Å². The van der Waals surface area contributed by atoms with Gasteiger partial charge in [0.2, 0.25) is 0 Å². The van der Waals surface area contributed by atoms with Crippen molar-refractivity contribution in [2.24, 2.45) is 52.3 Å². The molecular weight excluding hydrogens is 380 g/mol. The van der Waals surface area contributed by atoms with Crippen molar-refractivity contribution in [3.8, 4) is 0 Å². The third kappa shape index (κ3) is 3.09. The largest absolute Gasteiger partial charge is 0.481 e. The molecule has 4 saturated carbocycles. The minimum atomic E-state index is -0.769. The molecule has 3 N–H and O–H groups in total. The Morgan fingerprint density at radius 1 is 1.13 bits per heavy atom. The van der Waals surface area contributed by atoms with E-state index in [1.54, 1.807) is 0 Å². The van der Waals surface area contributed by atoms with Crippen LogP contribution in [0.2, 0.25) is 0 Å². The number of Topliss-reactive ketones (excluding diaryl/α,β-unsaturated/α-hetero) is 1. The van der Waals surface area contributed by atoms with Gasteiger partial charge in [-0.25, -0.2) is 0 Å². The number of carbonyl (C=O) groups excluding carboxylic acids is 1. The summed E-state index contributed by atoms with van der Waals surface area (Å²) in [6.07, 6.45) is 4.94. The molecule has 4 rings (SSSR count). The molecule has 0 aromatic heterocycles. The fraction of sp³-hybridized carbons (Fsp3) is 0.920. The number of aliphatic hydroxyl groups excluding tert-OH is 2. The number of aliphatic carboxylic acids is 1. The molecular formula is C25H40O5. The smallest absolute Gasteiger partial charge is 0.303 e. The van der Waals surface area contributed by atoms with Crippen LogP contribution in [0.15, 0.2) is 0 Å². The third-order valence-corrected chi connectivity index (χ3v) is 10.3. The maximum Gasteiger partial charge on any atom is 0.303 e. The first-order chi connectivity index (χ1) is 14.0. The second kappa shape index (κ2) is 7.58. The monoisotopic (exact) mass is 420 g/mol. The average Bonchev–Trinajstić information content (AvgIpc) is 2.99.